The lowest BCUT2D eigenvalue weighted by Gasteiger charge is -2.46. The number of hydrogen-bond donors (Lipinski definition) is 2. The normalized spacial score (nSPS) is 28.4. The lowest BCUT2D eigenvalue weighted by atomic mass is 9.74. The average molecular weight is 255 g/mol. The van der Waals surface area contributed by atoms with Crippen LogP contribution in [-0.2, 0) is 4.79 Å². The van der Waals surface area contributed by atoms with Crippen molar-refractivity contribution in [2.75, 3.05) is 27.2 Å². The number of rotatable bonds is 6. The van der Waals surface area contributed by atoms with Crippen molar-refractivity contribution >= 4 is 5.91 Å². The largest absolute Gasteiger partial charge is 0.359 e. The number of nitrogens with two attached hydrogens (primary N) is 1. The van der Waals surface area contributed by atoms with Crippen LogP contribution in [0, 0.1) is 5.92 Å². The summed E-state index contributed by atoms with van der Waals surface area (Å²) >= 11 is 0. The van der Waals surface area contributed by atoms with Gasteiger partial charge in [0.05, 0.1) is 0 Å². The van der Waals surface area contributed by atoms with Crippen molar-refractivity contribution in [3.63, 3.8) is 0 Å². The molecule has 0 aromatic rings. The maximum Gasteiger partial charge on any atom is 0.221 e. The van der Waals surface area contributed by atoms with Gasteiger partial charge < -0.3 is 11.1 Å². The van der Waals surface area contributed by atoms with Crippen molar-refractivity contribution < 1.29 is 4.79 Å². The molecular weight excluding hydrogens is 226 g/mol. The van der Waals surface area contributed by atoms with Crippen LogP contribution in [0.5, 0.6) is 0 Å². The highest BCUT2D eigenvalue weighted by Crippen LogP contribution is 2.36. The molecule has 1 amide bonds. The van der Waals surface area contributed by atoms with E-state index in [1.54, 1.807) is 7.05 Å². The Morgan fingerprint density at radius 1 is 1.44 bits per heavy atom. The summed E-state index contributed by atoms with van der Waals surface area (Å²) in [4.78, 5) is 13.6. The van der Waals surface area contributed by atoms with Crippen molar-refractivity contribution in [1.29, 1.82) is 0 Å². The molecule has 0 aromatic heterocycles. The van der Waals surface area contributed by atoms with E-state index in [0.717, 1.165) is 12.5 Å². The molecule has 4 nitrogen and oxygen atoms in total. The Labute approximate surface area is 111 Å². The molecule has 0 aromatic carbocycles. The zero-order chi connectivity index (χ0) is 13.6. The Bertz CT molecular complexity index is 260. The second kappa shape index (κ2) is 7.10. The van der Waals surface area contributed by atoms with E-state index in [1.807, 2.05) is 0 Å². The molecule has 1 aliphatic carbocycles. The van der Waals surface area contributed by atoms with Crippen molar-refractivity contribution in [3.8, 4) is 0 Å². The van der Waals surface area contributed by atoms with Gasteiger partial charge >= 0.3 is 0 Å². The van der Waals surface area contributed by atoms with Gasteiger partial charge in [0, 0.05) is 32.1 Å². The minimum atomic E-state index is 0.108. The van der Waals surface area contributed by atoms with Gasteiger partial charge in [-0.3, -0.25) is 9.69 Å². The van der Waals surface area contributed by atoms with Gasteiger partial charge in [0.1, 0.15) is 0 Å². The Morgan fingerprint density at radius 2 is 2.06 bits per heavy atom. The van der Waals surface area contributed by atoms with Crippen molar-refractivity contribution in [3.05, 3.63) is 0 Å². The zero-order valence-electron chi connectivity index (χ0n) is 12.2. The van der Waals surface area contributed by atoms with E-state index in [1.165, 1.54) is 32.1 Å². The molecule has 1 rings (SSSR count). The van der Waals surface area contributed by atoms with Crippen LogP contribution in [0.1, 0.15) is 45.4 Å². The number of amides is 1. The molecule has 18 heavy (non-hydrogen) atoms. The highest BCUT2D eigenvalue weighted by molar-refractivity contribution is 5.75. The third kappa shape index (κ3) is 3.69. The highest BCUT2D eigenvalue weighted by atomic mass is 16.1. The van der Waals surface area contributed by atoms with Crippen LogP contribution in [0.3, 0.4) is 0 Å². The second-order valence-corrected chi connectivity index (χ2v) is 5.62. The molecule has 3 N–H and O–H groups in total. The monoisotopic (exact) mass is 255 g/mol. The molecule has 0 atom stereocenters. The van der Waals surface area contributed by atoms with E-state index in [-0.39, 0.29) is 11.4 Å². The third-order valence-electron chi connectivity index (χ3n) is 4.76. The van der Waals surface area contributed by atoms with Crippen LogP contribution >= 0.6 is 0 Å². The van der Waals surface area contributed by atoms with E-state index in [0.29, 0.717) is 13.0 Å². The molecule has 0 bridgehead atoms. The first kappa shape index (κ1) is 15.4. The van der Waals surface area contributed by atoms with Crippen LogP contribution in [-0.4, -0.2) is 43.5 Å². The first-order valence-electron chi connectivity index (χ1n) is 7.20. The summed E-state index contributed by atoms with van der Waals surface area (Å²) < 4.78 is 0. The Hall–Kier alpha value is -0.610. The molecule has 1 saturated carbocycles. The third-order valence-corrected chi connectivity index (χ3v) is 4.76. The number of likely N-dealkylation sites (N-methyl/N-ethyl adjacent to an activating group) is 1. The fourth-order valence-corrected chi connectivity index (χ4v) is 3.00. The molecule has 0 unspecified atom stereocenters. The molecular formula is C14H29N3O. The maximum absolute atomic E-state index is 11.3. The summed E-state index contributed by atoms with van der Waals surface area (Å²) in [6, 6.07) is 0. The smallest absolute Gasteiger partial charge is 0.221 e. The zero-order valence-corrected chi connectivity index (χ0v) is 12.2. The molecule has 1 aliphatic rings. The van der Waals surface area contributed by atoms with Gasteiger partial charge in [-0.05, 0) is 38.6 Å². The quantitative estimate of drug-likeness (QED) is 0.753. The number of hydrogen-bond acceptors (Lipinski definition) is 3. The Kier molecular flexibility index (Phi) is 6.09. The summed E-state index contributed by atoms with van der Waals surface area (Å²) in [6.45, 7) is 3.77. The van der Waals surface area contributed by atoms with Crippen LogP contribution < -0.4 is 11.1 Å². The molecule has 0 heterocycles. The molecule has 106 valence electrons. The number of nitrogens with zero attached hydrogens (tertiary/aromatic N) is 1. The maximum atomic E-state index is 11.3. The second-order valence-electron chi connectivity index (χ2n) is 5.62. The molecule has 0 spiro atoms. The number of carbonyl (C=O) groups excluding carboxylic acids is 1. The van der Waals surface area contributed by atoms with Crippen molar-refractivity contribution in [2.45, 2.75) is 51.0 Å². The van der Waals surface area contributed by atoms with Crippen LogP contribution in [0.2, 0.25) is 0 Å². The summed E-state index contributed by atoms with van der Waals surface area (Å²) in [5.74, 6) is 0.980. The Balaban J connectivity index is 2.51. The van der Waals surface area contributed by atoms with Crippen LogP contribution in [0.25, 0.3) is 0 Å². The van der Waals surface area contributed by atoms with Crippen molar-refractivity contribution in [1.82, 2.24) is 10.2 Å². The standard InChI is InChI=1S/C14H29N3O/c1-4-12-5-8-14(11-15,9-6-12)17(3)10-7-13(18)16-2/h12H,4-11,15H2,1-3H3,(H,16,18). The summed E-state index contributed by atoms with van der Waals surface area (Å²) in [5.41, 5.74) is 6.15. The Morgan fingerprint density at radius 3 is 2.50 bits per heavy atom. The molecule has 4 heteroatoms. The molecule has 1 fully saturated rings. The van der Waals surface area contributed by atoms with E-state index in [2.05, 4.69) is 24.2 Å². The molecule has 0 aliphatic heterocycles. The molecule has 0 radical (unpaired) electrons. The number of carbonyl (C=O) groups is 1. The van der Waals surface area contributed by atoms with Gasteiger partial charge in [0.25, 0.3) is 0 Å². The summed E-state index contributed by atoms with van der Waals surface area (Å²) in [6.07, 6.45) is 6.74. The average Bonchev–Trinajstić information content (AvgIpc) is 2.44. The van der Waals surface area contributed by atoms with Gasteiger partial charge in [-0.2, -0.15) is 0 Å². The SMILES string of the molecule is CCC1CCC(CN)(N(C)CCC(=O)NC)CC1. The fraction of sp³-hybridized carbons (Fsp3) is 0.929. The minimum absolute atomic E-state index is 0.108. The minimum Gasteiger partial charge on any atom is -0.359 e. The lowest BCUT2D eigenvalue weighted by Crippen LogP contribution is -2.54. The van der Waals surface area contributed by atoms with E-state index in [9.17, 15) is 4.79 Å². The van der Waals surface area contributed by atoms with Gasteiger partial charge in [-0.15, -0.1) is 0 Å². The van der Waals surface area contributed by atoms with Crippen molar-refractivity contribution in [2.24, 2.45) is 11.7 Å². The van der Waals surface area contributed by atoms with Gasteiger partial charge in [-0.1, -0.05) is 13.3 Å². The lowest BCUT2D eigenvalue weighted by molar-refractivity contribution is -0.121. The highest BCUT2D eigenvalue weighted by Gasteiger charge is 2.36. The number of nitrogens with one attached hydrogen (secondary N) is 1. The van der Waals surface area contributed by atoms with Gasteiger partial charge in [0.2, 0.25) is 5.91 Å². The van der Waals surface area contributed by atoms with E-state index >= 15 is 0 Å². The predicted octanol–water partition coefficient (Wildman–Crippen LogP) is 1.35. The van der Waals surface area contributed by atoms with E-state index in [4.69, 9.17) is 5.73 Å². The first-order valence-corrected chi connectivity index (χ1v) is 7.20. The summed E-state index contributed by atoms with van der Waals surface area (Å²) in [7, 11) is 3.80. The summed E-state index contributed by atoms with van der Waals surface area (Å²) in [5, 5.41) is 2.67. The van der Waals surface area contributed by atoms with Crippen LogP contribution in [0.15, 0.2) is 0 Å². The fourth-order valence-electron chi connectivity index (χ4n) is 3.00. The van der Waals surface area contributed by atoms with Gasteiger partial charge in [0.15, 0.2) is 0 Å². The van der Waals surface area contributed by atoms with Gasteiger partial charge in [-0.25, -0.2) is 0 Å². The first-order chi connectivity index (χ1) is 8.57. The topological polar surface area (TPSA) is 58.4 Å². The van der Waals surface area contributed by atoms with E-state index < -0.39 is 0 Å². The predicted molar refractivity (Wildman–Crippen MR) is 75.3 cm³/mol. The van der Waals surface area contributed by atoms with Crippen LogP contribution in [0.4, 0.5) is 0 Å². The molecule has 0 saturated heterocycles.